The van der Waals surface area contributed by atoms with Gasteiger partial charge in [-0.25, -0.2) is 4.79 Å². The van der Waals surface area contributed by atoms with E-state index in [9.17, 15) is 18.0 Å². The van der Waals surface area contributed by atoms with Crippen molar-refractivity contribution in [3.63, 3.8) is 0 Å². The Bertz CT molecular complexity index is 432. The molecule has 100 valence electrons. The molecule has 0 saturated carbocycles. The summed E-state index contributed by atoms with van der Waals surface area (Å²) in [7, 11) is 0. The number of halogens is 3. The lowest BCUT2D eigenvalue weighted by Gasteiger charge is -2.13. The minimum Gasteiger partial charge on any atom is -0.493 e. The van der Waals surface area contributed by atoms with Crippen LogP contribution in [-0.2, 0) is 4.74 Å². The zero-order valence-corrected chi connectivity index (χ0v) is 9.58. The molecule has 0 aromatic heterocycles. The number of alkyl halides is 3. The number of anilines is 1. The van der Waals surface area contributed by atoms with Crippen LogP contribution in [0.4, 0.5) is 18.9 Å². The van der Waals surface area contributed by atoms with E-state index >= 15 is 0 Å². The summed E-state index contributed by atoms with van der Waals surface area (Å²) in [6, 6.07) is 4.34. The molecule has 4 nitrogen and oxygen atoms in total. The summed E-state index contributed by atoms with van der Waals surface area (Å²) in [5.41, 5.74) is 5.35. The monoisotopic (exact) mass is 263 g/mol. The molecule has 18 heavy (non-hydrogen) atoms. The van der Waals surface area contributed by atoms with Gasteiger partial charge < -0.3 is 15.2 Å². The molecule has 0 heterocycles. The summed E-state index contributed by atoms with van der Waals surface area (Å²) in [5.74, 6) is -1.06. The number of nitrogens with two attached hydrogens (primary N) is 1. The van der Waals surface area contributed by atoms with Crippen LogP contribution < -0.4 is 10.5 Å². The number of hydrogen-bond donors (Lipinski definition) is 1. The zero-order valence-electron chi connectivity index (χ0n) is 9.58. The summed E-state index contributed by atoms with van der Waals surface area (Å²) in [6.45, 7) is 0.267. The van der Waals surface area contributed by atoms with Crippen molar-refractivity contribution >= 4 is 11.7 Å². The molecule has 0 aliphatic carbocycles. The van der Waals surface area contributed by atoms with Crippen LogP contribution in [0.5, 0.6) is 5.75 Å². The SMILES string of the molecule is CCOc1cccc(N)c1C(=O)OCC(F)(F)F. The van der Waals surface area contributed by atoms with E-state index in [0.29, 0.717) is 0 Å². The molecule has 0 aliphatic heterocycles. The number of benzene rings is 1. The van der Waals surface area contributed by atoms with Crippen molar-refractivity contribution in [2.75, 3.05) is 18.9 Å². The fourth-order valence-corrected chi connectivity index (χ4v) is 1.26. The third-order valence-corrected chi connectivity index (χ3v) is 1.93. The van der Waals surface area contributed by atoms with Crippen LogP contribution in [0.3, 0.4) is 0 Å². The first kappa shape index (κ1) is 14.1. The molecule has 0 bridgehead atoms. The predicted molar refractivity (Wildman–Crippen MR) is 58.4 cm³/mol. The Balaban J connectivity index is 2.90. The molecule has 0 fully saturated rings. The fraction of sp³-hybridized carbons (Fsp3) is 0.364. The van der Waals surface area contributed by atoms with Gasteiger partial charge in [-0.1, -0.05) is 6.07 Å². The van der Waals surface area contributed by atoms with Gasteiger partial charge in [-0.05, 0) is 19.1 Å². The highest BCUT2D eigenvalue weighted by Crippen LogP contribution is 2.26. The van der Waals surface area contributed by atoms with E-state index in [2.05, 4.69) is 4.74 Å². The van der Waals surface area contributed by atoms with Gasteiger partial charge in [-0.2, -0.15) is 13.2 Å². The number of esters is 1. The maximum absolute atomic E-state index is 11.9. The van der Waals surface area contributed by atoms with Crippen LogP contribution in [0.2, 0.25) is 0 Å². The third-order valence-electron chi connectivity index (χ3n) is 1.93. The quantitative estimate of drug-likeness (QED) is 0.669. The van der Waals surface area contributed by atoms with Gasteiger partial charge in [0.05, 0.1) is 6.61 Å². The number of hydrogen-bond acceptors (Lipinski definition) is 4. The molecule has 0 aliphatic rings. The topological polar surface area (TPSA) is 61.5 Å². The smallest absolute Gasteiger partial charge is 0.422 e. The lowest BCUT2D eigenvalue weighted by atomic mass is 10.1. The van der Waals surface area contributed by atoms with Gasteiger partial charge in [-0.3, -0.25) is 0 Å². The van der Waals surface area contributed by atoms with Crippen molar-refractivity contribution in [1.29, 1.82) is 0 Å². The van der Waals surface area contributed by atoms with Crippen LogP contribution in [0.1, 0.15) is 17.3 Å². The Labute approximate surface area is 101 Å². The van der Waals surface area contributed by atoms with Crippen molar-refractivity contribution < 1.29 is 27.4 Å². The molecule has 0 unspecified atom stereocenters. The second kappa shape index (κ2) is 5.61. The molecule has 1 aromatic rings. The molecule has 2 N–H and O–H groups in total. The highest BCUT2D eigenvalue weighted by molar-refractivity contribution is 5.98. The average molecular weight is 263 g/mol. The van der Waals surface area contributed by atoms with E-state index in [-0.39, 0.29) is 23.6 Å². The summed E-state index contributed by atoms with van der Waals surface area (Å²) in [6.07, 6.45) is -4.58. The molecular formula is C11H12F3NO3. The van der Waals surface area contributed by atoms with Gasteiger partial charge in [0.15, 0.2) is 6.61 Å². The van der Waals surface area contributed by atoms with Crippen molar-refractivity contribution in [3.8, 4) is 5.75 Å². The van der Waals surface area contributed by atoms with Gasteiger partial charge >= 0.3 is 12.1 Å². The molecule has 0 radical (unpaired) electrons. The van der Waals surface area contributed by atoms with E-state index in [1.165, 1.54) is 18.2 Å². The van der Waals surface area contributed by atoms with Crippen LogP contribution in [0.15, 0.2) is 18.2 Å². The largest absolute Gasteiger partial charge is 0.493 e. The second-order valence-electron chi connectivity index (χ2n) is 3.34. The molecule has 0 spiro atoms. The van der Waals surface area contributed by atoms with E-state index in [4.69, 9.17) is 10.5 Å². The molecule has 0 atom stereocenters. The summed E-state index contributed by atoms with van der Waals surface area (Å²) >= 11 is 0. The van der Waals surface area contributed by atoms with Gasteiger partial charge in [0.2, 0.25) is 0 Å². The van der Waals surface area contributed by atoms with Crippen molar-refractivity contribution in [1.82, 2.24) is 0 Å². The Morgan fingerprint density at radius 2 is 2.06 bits per heavy atom. The van der Waals surface area contributed by atoms with E-state index in [1.54, 1.807) is 6.92 Å². The summed E-state index contributed by atoms with van der Waals surface area (Å²) in [5, 5.41) is 0. The normalized spacial score (nSPS) is 11.1. The van der Waals surface area contributed by atoms with Crippen molar-refractivity contribution in [2.45, 2.75) is 13.1 Å². The highest BCUT2D eigenvalue weighted by atomic mass is 19.4. The molecule has 1 aromatic carbocycles. The first-order chi connectivity index (χ1) is 8.35. The maximum Gasteiger partial charge on any atom is 0.422 e. The Morgan fingerprint density at radius 1 is 1.39 bits per heavy atom. The third kappa shape index (κ3) is 3.83. The van der Waals surface area contributed by atoms with Gasteiger partial charge in [0.1, 0.15) is 11.3 Å². The van der Waals surface area contributed by atoms with Gasteiger partial charge in [-0.15, -0.1) is 0 Å². The highest BCUT2D eigenvalue weighted by Gasteiger charge is 2.30. The van der Waals surface area contributed by atoms with Gasteiger partial charge in [0.25, 0.3) is 0 Å². The van der Waals surface area contributed by atoms with E-state index in [1.807, 2.05) is 0 Å². The lowest BCUT2D eigenvalue weighted by Crippen LogP contribution is -2.21. The number of nitrogen functional groups attached to an aromatic ring is 1. The minimum atomic E-state index is -4.58. The fourth-order valence-electron chi connectivity index (χ4n) is 1.26. The minimum absolute atomic E-state index is 0.00752. The standard InChI is InChI=1S/C11H12F3NO3/c1-2-17-8-5-3-4-7(15)9(8)10(16)18-6-11(12,13)14/h3-5H,2,6,15H2,1H3. The Morgan fingerprint density at radius 3 is 2.61 bits per heavy atom. The number of carbonyl (C=O) groups is 1. The summed E-state index contributed by atoms with van der Waals surface area (Å²) in [4.78, 5) is 11.5. The number of rotatable bonds is 4. The average Bonchev–Trinajstić information content (AvgIpc) is 2.26. The van der Waals surface area contributed by atoms with E-state index in [0.717, 1.165) is 0 Å². The number of ether oxygens (including phenoxy) is 2. The van der Waals surface area contributed by atoms with E-state index < -0.39 is 18.8 Å². The van der Waals surface area contributed by atoms with Crippen LogP contribution in [0, 0.1) is 0 Å². The number of carbonyl (C=O) groups excluding carboxylic acids is 1. The predicted octanol–water partition coefficient (Wildman–Crippen LogP) is 2.39. The summed E-state index contributed by atoms with van der Waals surface area (Å²) < 4.78 is 45.1. The Hall–Kier alpha value is -1.92. The van der Waals surface area contributed by atoms with Crippen LogP contribution >= 0.6 is 0 Å². The Kier molecular flexibility index (Phi) is 4.41. The molecular weight excluding hydrogens is 251 g/mol. The van der Waals surface area contributed by atoms with Crippen LogP contribution in [-0.4, -0.2) is 25.4 Å². The van der Waals surface area contributed by atoms with Crippen LogP contribution in [0.25, 0.3) is 0 Å². The lowest BCUT2D eigenvalue weighted by molar-refractivity contribution is -0.161. The first-order valence-electron chi connectivity index (χ1n) is 5.10. The van der Waals surface area contributed by atoms with Crippen molar-refractivity contribution in [2.24, 2.45) is 0 Å². The molecule has 1 rings (SSSR count). The van der Waals surface area contributed by atoms with Crippen molar-refractivity contribution in [3.05, 3.63) is 23.8 Å². The molecule has 7 heteroatoms. The first-order valence-corrected chi connectivity index (χ1v) is 5.10. The molecule has 0 saturated heterocycles. The zero-order chi connectivity index (χ0) is 13.8. The molecule has 0 amide bonds. The maximum atomic E-state index is 11.9. The van der Waals surface area contributed by atoms with Gasteiger partial charge in [0, 0.05) is 5.69 Å². The second-order valence-corrected chi connectivity index (χ2v) is 3.34.